The van der Waals surface area contributed by atoms with E-state index in [2.05, 4.69) is 47.8 Å². The highest BCUT2D eigenvalue weighted by molar-refractivity contribution is 5.81. The van der Waals surface area contributed by atoms with Crippen LogP contribution in [0.15, 0.2) is 30.5 Å². The molecular formula is C23H30F2N6O2. The Morgan fingerprint density at radius 3 is 2.82 bits per heavy atom. The molecule has 0 aliphatic heterocycles. The van der Waals surface area contributed by atoms with E-state index >= 15 is 0 Å². The van der Waals surface area contributed by atoms with Gasteiger partial charge < -0.3 is 26.0 Å². The number of hydrogen-bond acceptors (Lipinski definition) is 7. The van der Waals surface area contributed by atoms with Gasteiger partial charge in [0.1, 0.15) is 11.6 Å². The van der Waals surface area contributed by atoms with Crippen molar-refractivity contribution in [2.24, 2.45) is 0 Å². The molecule has 0 bridgehead atoms. The van der Waals surface area contributed by atoms with Gasteiger partial charge in [-0.15, -0.1) is 0 Å². The van der Waals surface area contributed by atoms with Crippen LogP contribution in [0, 0.1) is 11.8 Å². The summed E-state index contributed by atoms with van der Waals surface area (Å²) >= 11 is 0. The van der Waals surface area contributed by atoms with Crippen LogP contribution >= 0.6 is 0 Å². The number of carbonyl (C=O) groups is 1. The first-order valence-electron chi connectivity index (χ1n) is 10.8. The van der Waals surface area contributed by atoms with Crippen molar-refractivity contribution in [3.8, 4) is 17.6 Å². The van der Waals surface area contributed by atoms with Crippen molar-refractivity contribution < 1.29 is 18.3 Å². The lowest BCUT2D eigenvalue weighted by atomic mass is 10.2. The van der Waals surface area contributed by atoms with Gasteiger partial charge in [0.15, 0.2) is 0 Å². The van der Waals surface area contributed by atoms with E-state index in [9.17, 15) is 13.6 Å². The summed E-state index contributed by atoms with van der Waals surface area (Å²) in [4.78, 5) is 20.5. The predicted octanol–water partition coefficient (Wildman–Crippen LogP) is 3.50. The van der Waals surface area contributed by atoms with E-state index in [0.29, 0.717) is 42.5 Å². The highest BCUT2D eigenvalue weighted by Gasteiger charge is 2.09. The maximum absolute atomic E-state index is 12.4. The van der Waals surface area contributed by atoms with Gasteiger partial charge in [-0.05, 0) is 38.9 Å². The molecule has 8 nitrogen and oxygen atoms in total. The smallest absolute Gasteiger partial charge is 0.387 e. The maximum Gasteiger partial charge on any atom is 0.387 e. The van der Waals surface area contributed by atoms with E-state index in [1.165, 1.54) is 12.1 Å². The first-order chi connectivity index (χ1) is 15.9. The first-order valence-corrected chi connectivity index (χ1v) is 10.8. The molecule has 0 saturated heterocycles. The number of likely N-dealkylation sites (N-methyl/N-ethyl adjacent to an activating group) is 1. The standard InChI is InChI=1S/C23H30F2N6O2/c1-4-12-27-20-17(9-6-5-7-13-28-21(32)16(2)26-3)15-29-23(31-20)30-18-10-8-11-19(14-18)33-22(24)25/h8,10-11,14-16,22,26H,4-5,7,12-13H2,1-3H3,(H,28,32)(H2,27,29,30,31)/t16-/m0/s1. The predicted molar refractivity (Wildman–Crippen MR) is 125 cm³/mol. The van der Waals surface area contributed by atoms with Gasteiger partial charge in [-0.1, -0.05) is 24.8 Å². The molecule has 10 heteroatoms. The van der Waals surface area contributed by atoms with Crippen LogP contribution in [0.3, 0.4) is 0 Å². The number of unbranched alkanes of at least 4 members (excludes halogenated alkanes) is 1. The van der Waals surface area contributed by atoms with Crippen molar-refractivity contribution in [2.75, 3.05) is 30.8 Å². The summed E-state index contributed by atoms with van der Waals surface area (Å²) in [6.45, 7) is 2.20. The maximum atomic E-state index is 12.4. The molecule has 2 aromatic rings. The Labute approximate surface area is 192 Å². The van der Waals surface area contributed by atoms with Crippen LogP contribution in [0.1, 0.15) is 38.7 Å². The minimum Gasteiger partial charge on any atom is -0.435 e. The van der Waals surface area contributed by atoms with E-state index in [4.69, 9.17) is 0 Å². The van der Waals surface area contributed by atoms with E-state index < -0.39 is 6.61 Å². The SMILES string of the molecule is CCCNc1nc(Nc2cccc(OC(F)F)c2)ncc1C#CCCCNC(=O)[C@H](C)NC. The lowest BCUT2D eigenvalue weighted by Gasteiger charge is -2.11. The number of halogens is 2. The van der Waals surface area contributed by atoms with Gasteiger partial charge in [-0.25, -0.2) is 4.98 Å². The zero-order valence-electron chi connectivity index (χ0n) is 19.0. The molecule has 0 unspecified atom stereocenters. The second-order valence-corrected chi connectivity index (χ2v) is 7.12. The van der Waals surface area contributed by atoms with Crippen molar-refractivity contribution in [1.29, 1.82) is 0 Å². The first kappa shape index (κ1) is 25.8. The molecule has 0 radical (unpaired) electrons. The third-order valence-electron chi connectivity index (χ3n) is 4.47. The molecule has 2 rings (SSSR count). The van der Waals surface area contributed by atoms with Gasteiger partial charge in [-0.3, -0.25) is 4.79 Å². The van der Waals surface area contributed by atoms with Crippen LogP contribution in [0.5, 0.6) is 5.75 Å². The molecule has 4 N–H and O–H groups in total. The third-order valence-corrected chi connectivity index (χ3v) is 4.47. The topological polar surface area (TPSA) is 100 Å². The summed E-state index contributed by atoms with van der Waals surface area (Å²) < 4.78 is 29.3. The second kappa shape index (κ2) is 13.9. The number of nitrogens with zero attached hydrogens (tertiary/aromatic N) is 2. The van der Waals surface area contributed by atoms with Gasteiger partial charge >= 0.3 is 6.61 Å². The van der Waals surface area contributed by atoms with Crippen molar-refractivity contribution in [1.82, 2.24) is 20.6 Å². The fraction of sp³-hybridized carbons (Fsp3) is 0.435. The fourth-order valence-electron chi connectivity index (χ4n) is 2.62. The molecule has 1 heterocycles. The number of alkyl halides is 2. The molecule has 0 aliphatic carbocycles. The Kier molecular flexibility index (Phi) is 10.8. The molecule has 1 aromatic carbocycles. The Balaban J connectivity index is 2.01. The molecule has 0 saturated carbocycles. The third kappa shape index (κ3) is 9.29. The minimum atomic E-state index is -2.90. The number of benzene rings is 1. The fourth-order valence-corrected chi connectivity index (χ4v) is 2.62. The molecule has 1 aromatic heterocycles. The average molecular weight is 461 g/mol. The Bertz CT molecular complexity index is 961. The number of aromatic nitrogens is 2. The van der Waals surface area contributed by atoms with Gasteiger partial charge in [0.2, 0.25) is 11.9 Å². The minimum absolute atomic E-state index is 0.0402. The molecule has 0 spiro atoms. The molecule has 1 amide bonds. The van der Waals surface area contributed by atoms with Gasteiger partial charge in [0, 0.05) is 31.3 Å². The van der Waals surface area contributed by atoms with Crippen LogP contribution in [-0.4, -0.2) is 48.7 Å². The second-order valence-electron chi connectivity index (χ2n) is 7.12. The number of hydrogen-bond donors (Lipinski definition) is 4. The van der Waals surface area contributed by atoms with Crippen molar-refractivity contribution in [3.63, 3.8) is 0 Å². The van der Waals surface area contributed by atoms with Gasteiger partial charge in [0.05, 0.1) is 17.8 Å². The Morgan fingerprint density at radius 1 is 1.27 bits per heavy atom. The van der Waals surface area contributed by atoms with Gasteiger partial charge in [-0.2, -0.15) is 13.8 Å². The molecular weight excluding hydrogens is 430 g/mol. The number of ether oxygens (including phenoxy) is 1. The number of nitrogens with one attached hydrogen (secondary N) is 4. The highest BCUT2D eigenvalue weighted by atomic mass is 19.3. The van der Waals surface area contributed by atoms with Crippen LogP contribution in [0.25, 0.3) is 0 Å². The zero-order chi connectivity index (χ0) is 24.1. The lowest BCUT2D eigenvalue weighted by molar-refractivity contribution is -0.122. The van der Waals surface area contributed by atoms with Crippen molar-refractivity contribution in [3.05, 3.63) is 36.0 Å². The summed E-state index contributed by atoms with van der Waals surface area (Å²) in [5.74, 6) is 7.04. The van der Waals surface area contributed by atoms with Crippen molar-refractivity contribution >= 4 is 23.4 Å². The zero-order valence-corrected chi connectivity index (χ0v) is 19.0. The molecule has 178 valence electrons. The lowest BCUT2D eigenvalue weighted by Crippen LogP contribution is -2.40. The number of rotatable bonds is 12. The monoisotopic (exact) mass is 460 g/mol. The Morgan fingerprint density at radius 2 is 2.09 bits per heavy atom. The van der Waals surface area contributed by atoms with E-state index in [0.717, 1.165) is 12.8 Å². The number of amides is 1. The quantitative estimate of drug-likeness (QED) is 0.284. The summed E-state index contributed by atoms with van der Waals surface area (Å²) in [6, 6.07) is 5.95. The average Bonchev–Trinajstić information content (AvgIpc) is 2.79. The summed E-state index contributed by atoms with van der Waals surface area (Å²) in [5.41, 5.74) is 1.17. The van der Waals surface area contributed by atoms with Crippen LogP contribution in [-0.2, 0) is 4.79 Å². The van der Waals surface area contributed by atoms with Crippen LogP contribution in [0.2, 0.25) is 0 Å². The summed E-state index contributed by atoms with van der Waals surface area (Å²) in [7, 11) is 1.74. The summed E-state index contributed by atoms with van der Waals surface area (Å²) in [6.07, 6.45) is 3.84. The number of carbonyl (C=O) groups excluding carboxylic acids is 1. The van der Waals surface area contributed by atoms with E-state index in [-0.39, 0.29) is 17.7 Å². The van der Waals surface area contributed by atoms with Crippen molar-refractivity contribution in [2.45, 2.75) is 45.8 Å². The molecule has 0 aliphatic rings. The molecule has 1 atom stereocenters. The normalized spacial score (nSPS) is 11.3. The van der Waals surface area contributed by atoms with Crippen LogP contribution in [0.4, 0.5) is 26.2 Å². The summed E-state index contributed by atoms with van der Waals surface area (Å²) in [5, 5.41) is 12.0. The van der Waals surface area contributed by atoms with Crippen LogP contribution < -0.4 is 26.0 Å². The van der Waals surface area contributed by atoms with E-state index in [1.807, 2.05) is 6.92 Å². The largest absolute Gasteiger partial charge is 0.435 e. The number of anilines is 3. The molecule has 0 fully saturated rings. The van der Waals surface area contributed by atoms with Gasteiger partial charge in [0.25, 0.3) is 0 Å². The molecule has 33 heavy (non-hydrogen) atoms. The Hall–Kier alpha value is -3.45. The highest BCUT2D eigenvalue weighted by Crippen LogP contribution is 2.22. The van der Waals surface area contributed by atoms with E-state index in [1.54, 1.807) is 32.3 Å².